The molecule has 0 amide bonds. The van der Waals surface area contributed by atoms with Crippen LogP contribution in [0.15, 0.2) is 54.6 Å². The predicted molar refractivity (Wildman–Crippen MR) is 103 cm³/mol. The second kappa shape index (κ2) is 7.40. The number of hydrogen-bond acceptors (Lipinski definition) is 5. The molecule has 0 unspecified atom stereocenters. The summed E-state index contributed by atoms with van der Waals surface area (Å²) in [5.41, 5.74) is 1.73. The third-order valence-electron chi connectivity index (χ3n) is 5.05. The predicted octanol–water partition coefficient (Wildman–Crippen LogP) is 3.90. The van der Waals surface area contributed by atoms with Gasteiger partial charge in [-0.25, -0.2) is 9.97 Å². The van der Waals surface area contributed by atoms with Crippen LogP contribution >= 0.6 is 0 Å². The van der Waals surface area contributed by atoms with Crippen LogP contribution in [0.1, 0.15) is 12.8 Å². The van der Waals surface area contributed by atoms with Crippen molar-refractivity contribution in [3.63, 3.8) is 0 Å². The molecule has 2 heterocycles. The van der Waals surface area contributed by atoms with Gasteiger partial charge in [0.25, 0.3) is 0 Å². The Morgan fingerprint density at radius 2 is 1.73 bits per heavy atom. The molecule has 1 saturated heterocycles. The van der Waals surface area contributed by atoms with E-state index in [0.29, 0.717) is 6.54 Å². The van der Waals surface area contributed by atoms with Gasteiger partial charge in [0, 0.05) is 50.7 Å². The summed E-state index contributed by atoms with van der Waals surface area (Å²) in [7, 11) is 1.78. The highest BCUT2D eigenvalue weighted by molar-refractivity contribution is 5.90. The number of aromatic nitrogens is 2. The van der Waals surface area contributed by atoms with Gasteiger partial charge in [-0.1, -0.05) is 42.5 Å². The van der Waals surface area contributed by atoms with Crippen LogP contribution in [0.4, 0.5) is 5.82 Å². The minimum Gasteiger partial charge on any atom is -0.381 e. The average molecular weight is 349 g/mol. The van der Waals surface area contributed by atoms with Crippen molar-refractivity contribution in [1.29, 1.82) is 0 Å². The third-order valence-corrected chi connectivity index (χ3v) is 5.05. The van der Waals surface area contributed by atoms with Gasteiger partial charge in [-0.15, -0.1) is 0 Å². The lowest BCUT2D eigenvalue weighted by molar-refractivity contribution is -0.0807. The fourth-order valence-corrected chi connectivity index (χ4v) is 3.37. The van der Waals surface area contributed by atoms with Crippen LogP contribution in [-0.2, 0) is 9.47 Å². The van der Waals surface area contributed by atoms with Crippen LogP contribution in [0.5, 0.6) is 0 Å². The third kappa shape index (κ3) is 3.41. The quantitative estimate of drug-likeness (QED) is 0.757. The largest absolute Gasteiger partial charge is 0.381 e. The molecule has 5 heteroatoms. The molecule has 0 aliphatic carbocycles. The first-order chi connectivity index (χ1) is 12.8. The first kappa shape index (κ1) is 16.9. The van der Waals surface area contributed by atoms with Crippen LogP contribution < -0.4 is 5.32 Å². The molecule has 1 N–H and O–H groups in total. The van der Waals surface area contributed by atoms with Gasteiger partial charge in [0.15, 0.2) is 5.82 Å². The molecule has 134 valence electrons. The summed E-state index contributed by atoms with van der Waals surface area (Å²) < 4.78 is 11.3. The second-order valence-electron chi connectivity index (χ2n) is 6.63. The van der Waals surface area contributed by atoms with Crippen molar-refractivity contribution >= 4 is 16.7 Å². The first-order valence-corrected chi connectivity index (χ1v) is 8.99. The van der Waals surface area contributed by atoms with Crippen molar-refractivity contribution in [3.05, 3.63) is 54.6 Å². The molecule has 0 saturated carbocycles. The van der Waals surface area contributed by atoms with Gasteiger partial charge in [-0.3, -0.25) is 0 Å². The molecular weight excluding hydrogens is 326 g/mol. The maximum absolute atomic E-state index is 5.84. The van der Waals surface area contributed by atoms with Gasteiger partial charge in [-0.05, 0) is 12.1 Å². The van der Waals surface area contributed by atoms with Crippen LogP contribution in [-0.4, -0.2) is 42.4 Å². The van der Waals surface area contributed by atoms with E-state index in [1.54, 1.807) is 7.11 Å². The van der Waals surface area contributed by atoms with E-state index in [0.717, 1.165) is 54.2 Å². The molecule has 2 aromatic carbocycles. The van der Waals surface area contributed by atoms with Crippen molar-refractivity contribution in [3.8, 4) is 11.4 Å². The molecule has 1 aliphatic rings. The number of para-hydroxylation sites is 1. The number of nitrogens with zero attached hydrogens (tertiary/aromatic N) is 2. The van der Waals surface area contributed by atoms with E-state index in [4.69, 9.17) is 19.4 Å². The smallest absolute Gasteiger partial charge is 0.162 e. The summed E-state index contributed by atoms with van der Waals surface area (Å²) in [6, 6.07) is 18.2. The summed E-state index contributed by atoms with van der Waals surface area (Å²) in [5.74, 6) is 1.57. The van der Waals surface area contributed by atoms with Crippen molar-refractivity contribution in [1.82, 2.24) is 9.97 Å². The lowest BCUT2D eigenvalue weighted by atomic mass is 9.94. The number of hydrogen-bond donors (Lipinski definition) is 1. The Hall–Kier alpha value is -2.50. The minimum absolute atomic E-state index is 0.211. The summed E-state index contributed by atoms with van der Waals surface area (Å²) >= 11 is 0. The Kier molecular flexibility index (Phi) is 4.82. The highest BCUT2D eigenvalue weighted by Crippen LogP contribution is 2.28. The van der Waals surface area contributed by atoms with Gasteiger partial charge in [0.05, 0.1) is 11.1 Å². The molecule has 3 aromatic rings. The fourth-order valence-electron chi connectivity index (χ4n) is 3.37. The molecule has 1 aromatic heterocycles. The number of ether oxygens (including phenoxy) is 2. The lowest BCUT2D eigenvalue weighted by Gasteiger charge is -2.36. The first-order valence-electron chi connectivity index (χ1n) is 8.99. The second-order valence-corrected chi connectivity index (χ2v) is 6.63. The number of benzene rings is 2. The Labute approximate surface area is 153 Å². The Bertz CT molecular complexity index is 877. The van der Waals surface area contributed by atoms with E-state index in [-0.39, 0.29) is 5.60 Å². The highest BCUT2D eigenvalue weighted by Gasteiger charge is 2.32. The Balaban J connectivity index is 1.69. The molecule has 0 spiro atoms. The number of rotatable bonds is 5. The van der Waals surface area contributed by atoms with E-state index < -0.39 is 0 Å². The Morgan fingerprint density at radius 1 is 1.00 bits per heavy atom. The van der Waals surface area contributed by atoms with E-state index in [9.17, 15) is 0 Å². The summed E-state index contributed by atoms with van der Waals surface area (Å²) in [5, 5.41) is 4.55. The normalized spacial score (nSPS) is 16.5. The summed E-state index contributed by atoms with van der Waals surface area (Å²) in [6.07, 6.45) is 1.76. The molecule has 0 radical (unpaired) electrons. The van der Waals surface area contributed by atoms with Gasteiger partial charge in [0.1, 0.15) is 5.82 Å². The number of methoxy groups -OCH3 is 1. The van der Waals surface area contributed by atoms with Gasteiger partial charge in [0.2, 0.25) is 0 Å². The molecule has 5 nitrogen and oxygen atoms in total. The van der Waals surface area contributed by atoms with Gasteiger partial charge < -0.3 is 14.8 Å². The van der Waals surface area contributed by atoms with Crippen LogP contribution in [0.25, 0.3) is 22.3 Å². The Morgan fingerprint density at radius 3 is 2.50 bits per heavy atom. The molecular formula is C21H23N3O2. The van der Waals surface area contributed by atoms with Crippen molar-refractivity contribution < 1.29 is 9.47 Å². The van der Waals surface area contributed by atoms with Crippen molar-refractivity contribution in [2.45, 2.75) is 18.4 Å². The maximum atomic E-state index is 5.84. The fraction of sp³-hybridized carbons (Fsp3) is 0.333. The zero-order valence-electron chi connectivity index (χ0n) is 14.9. The van der Waals surface area contributed by atoms with E-state index >= 15 is 0 Å². The van der Waals surface area contributed by atoms with Crippen molar-refractivity contribution in [2.75, 3.05) is 32.2 Å². The number of anilines is 1. The van der Waals surface area contributed by atoms with E-state index in [1.165, 1.54) is 0 Å². The van der Waals surface area contributed by atoms with Gasteiger partial charge >= 0.3 is 0 Å². The maximum Gasteiger partial charge on any atom is 0.162 e. The summed E-state index contributed by atoms with van der Waals surface area (Å²) in [6.45, 7) is 2.16. The lowest BCUT2D eigenvalue weighted by Crippen LogP contribution is -2.44. The monoisotopic (exact) mass is 349 g/mol. The highest BCUT2D eigenvalue weighted by atomic mass is 16.5. The summed E-state index contributed by atoms with van der Waals surface area (Å²) in [4.78, 5) is 9.55. The van der Waals surface area contributed by atoms with Crippen LogP contribution in [0, 0.1) is 0 Å². The zero-order valence-corrected chi connectivity index (χ0v) is 14.9. The molecule has 4 rings (SSSR count). The van der Waals surface area contributed by atoms with E-state index in [1.807, 2.05) is 48.5 Å². The molecule has 26 heavy (non-hydrogen) atoms. The number of nitrogens with one attached hydrogen (secondary N) is 1. The zero-order chi connectivity index (χ0) is 17.8. The molecule has 0 bridgehead atoms. The SMILES string of the molecule is COC1(CNc2nc(-c3ccccc3)nc3ccccc23)CCOCC1. The minimum atomic E-state index is -0.211. The van der Waals surface area contributed by atoms with Crippen molar-refractivity contribution in [2.24, 2.45) is 0 Å². The van der Waals surface area contributed by atoms with E-state index in [2.05, 4.69) is 11.4 Å². The topological polar surface area (TPSA) is 56.3 Å². The van der Waals surface area contributed by atoms with Gasteiger partial charge in [-0.2, -0.15) is 0 Å². The standard InChI is InChI=1S/C21H23N3O2/c1-25-21(11-13-26-14-12-21)15-22-20-17-9-5-6-10-18(17)23-19(24-20)16-7-3-2-4-8-16/h2-10H,11-15H2,1H3,(H,22,23,24). The van der Waals surface area contributed by atoms with Crippen LogP contribution in [0.2, 0.25) is 0 Å². The number of fused-ring (bicyclic) bond motifs is 1. The average Bonchev–Trinajstić information content (AvgIpc) is 2.73. The van der Waals surface area contributed by atoms with Crippen LogP contribution in [0.3, 0.4) is 0 Å². The molecule has 1 aliphatic heterocycles. The molecule has 0 atom stereocenters. The molecule has 1 fully saturated rings.